The van der Waals surface area contributed by atoms with Crippen molar-refractivity contribution in [2.45, 2.75) is 26.1 Å². The number of amides is 1. The number of hydrogen-bond acceptors (Lipinski definition) is 3. The number of nitrogens with zero attached hydrogens (tertiary/aromatic N) is 1. The van der Waals surface area contributed by atoms with Crippen molar-refractivity contribution in [2.75, 3.05) is 11.9 Å². The fraction of sp³-hybridized carbons (Fsp3) is 0.208. The van der Waals surface area contributed by atoms with Gasteiger partial charge in [-0.1, -0.05) is 48.5 Å². The monoisotopic (exact) mass is 437 g/mol. The third-order valence-electron chi connectivity index (χ3n) is 5.02. The predicted octanol–water partition coefficient (Wildman–Crippen LogP) is 4.01. The first-order chi connectivity index (χ1) is 14.8. The van der Waals surface area contributed by atoms with Gasteiger partial charge in [-0.3, -0.25) is 4.79 Å². The zero-order valence-corrected chi connectivity index (χ0v) is 18.6. The van der Waals surface area contributed by atoms with Gasteiger partial charge in [-0.15, -0.1) is 6.58 Å². The Morgan fingerprint density at radius 3 is 2.35 bits per heavy atom. The predicted molar refractivity (Wildman–Crippen MR) is 125 cm³/mol. The van der Waals surface area contributed by atoms with Crippen molar-refractivity contribution < 1.29 is 13.2 Å². The molecule has 3 rings (SSSR count). The van der Waals surface area contributed by atoms with Crippen molar-refractivity contribution in [2.24, 2.45) is 0 Å². The normalized spacial score (nSPS) is 11.3. The first-order valence-corrected chi connectivity index (χ1v) is 11.6. The average molecular weight is 438 g/mol. The molecule has 0 aliphatic heterocycles. The SMILES string of the molecule is C=CCNS(=O)(=O)Cc1ccc(NC(=O)c2cc(C)n(Cc3ccccc3)c2C)cc1. The first kappa shape index (κ1) is 22.5. The number of anilines is 1. The second-order valence-electron chi connectivity index (χ2n) is 7.40. The maximum Gasteiger partial charge on any atom is 0.257 e. The molecular weight excluding hydrogens is 410 g/mol. The highest BCUT2D eigenvalue weighted by Crippen LogP contribution is 2.19. The minimum atomic E-state index is -3.42. The largest absolute Gasteiger partial charge is 0.344 e. The van der Waals surface area contributed by atoms with Crippen molar-refractivity contribution in [1.82, 2.24) is 9.29 Å². The molecule has 6 nitrogen and oxygen atoms in total. The summed E-state index contributed by atoms with van der Waals surface area (Å²) in [6.45, 7) is 8.32. The Hall–Kier alpha value is -3.16. The third-order valence-corrected chi connectivity index (χ3v) is 6.34. The molecule has 0 fully saturated rings. The van der Waals surface area contributed by atoms with Crippen LogP contribution in [0.4, 0.5) is 5.69 Å². The topological polar surface area (TPSA) is 80.2 Å². The minimum absolute atomic E-state index is 0.129. The number of aromatic nitrogens is 1. The van der Waals surface area contributed by atoms with Crippen LogP contribution in [0.3, 0.4) is 0 Å². The summed E-state index contributed by atoms with van der Waals surface area (Å²) in [6.07, 6.45) is 1.49. The lowest BCUT2D eigenvalue weighted by Crippen LogP contribution is -2.25. The van der Waals surface area contributed by atoms with Gasteiger partial charge in [0.2, 0.25) is 10.0 Å². The van der Waals surface area contributed by atoms with Crippen LogP contribution in [0.2, 0.25) is 0 Å². The average Bonchev–Trinajstić information content (AvgIpc) is 3.03. The Morgan fingerprint density at radius 1 is 1.03 bits per heavy atom. The van der Waals surface area contributed by atoms with Crippen LogP contribution in [0.15, 0.2) is 73.3 Å². The van der Waals surface area contributed by atoms with E-state index in [1.54, 1.807) is 24.3 Å². The van der Waals surface area contributed by atoms with Crippen LogP contribution in [0.5, 0.6) is 0 Å². The Kier molecular flexibility index (Phi) is 7.09. The number of rotatable bonds is 9. The maximum absolute atomic E-state index is 12.8. The molecule has 3 aromatic rings. The van der Waals surface area contributed by atoms with E-state index >= 15 is 0 Å². The van der Waals surface area contributed by atoms with Crippen molar-refractivity contribution >= 4 is 21.6 Å². The lowest BCUT2D eigenvalue weighted by Gasteiger charge is -2.10. The van der Waals surface area contributed by atoms with E-state index in [2.05, 4.69) is 33.3 Å². The van der Waals surface area contributed by atoms with E-state index in [-0.39, 0.29) is 18.2 Å². The Bertz CT molecular complexity index is 1160. The van der Waals surface area contributed by atoms with Gasteiger partial charge in [-0.25, -0.2) is 13.1 Å². The number of hydrogen-bond donors (Lipinski definition) is 2. The van der Waals surface area contributed by atoms with E-state index in [0.29, 0.717) is 23.4 Å². The quantitative estimate of drug-likeness (QED) is 0.497. The summed E-state index contributed by atoms with van der Waals surface area (Å²) in [7, 11) is -3.42. The molecule has 0 spiro atoms. The molecule has 1 heterocycles. The fourth-order valence-corrected chi connectivity index (χ4v) is 4.48. The molecule has 0 atom stereocenters. The van der Waals surface area contributed by atoms with Crippen molar-refractivity contribution in [3.8, 4) is 0 Å². The molecule has 2 N–H and O–H groups in total. The van der Waals surface area contributed by atoms with Gasteiger partial charge >= 0.3 is 0 Å². The zero-order chi connectivity index (χ0) is 22.4. The highest BCUT2D eigenvalue weighted by atomic mass is 32.2. The molecule has 1 amide bonds. The number of aryl methyl sites for hydroxylation is 1. The number of nitrogens with one attached hydrogen (secondary N) is 2. The summed E-state index contributed by atoms with van der Waals surface area (Å²) in [4.78, 5) is 12.8. The van der Waals surface area contributed by atoms with Crippen LogP contribution < -0.4 is 10.0 Å². The van der Waals surface area contributed by atoms with Gasteiger partial charge in [0.1, 0.15) is 0 Å². The van der Waals surface area contributed by atoms with Gasteiger partial charge in [0.15, 0.2) is 0 Å². The summed E-state index contributed by atoms with van der Waals surface area (Å²) in [5.74, 6) is -0.323. The van der Waals surface area contributed by atoms with Crippen molar-refractivity contribution in [3.63, 3.8) is 0 Å². The van der Waals surface area contributed by atoms with Crippen LogP contribution in [-0.2, 0) is 22.3 Å². The Labute approximate surface area is 183 Å². The minimum Gasteiger partial charge on any atom is -0.344 e. The summed E-state index contributed by atoms with van der Waals surface area (Å²) in [6, 6.07) is 18.8. The van der Waals surface area contributed by atoms with Crippen molar-refractivity contribution in [1.29, 1.82) is 0 Å². The van der Waals surface area contributed by atoms with E-state index in [0.717, 1.165) is 11.4 Å². The Morgan fingerprint density at radius 2 is 1.71 bits per heavy atom. The number of carbonyl (C=O) groups excluding carboxylic acids is 1. The van der Waals surface area contributed by atoms with E-state index in [9.17, 15) is 13.2 Å². The van der Waals surface area contributed by atoms with Gasteiger partial charge < -0.3 is 9.88 Å². The van der Waals surface area contributed by atoms with Crippen molar-refractivity contribution in [3.05, 3.63) is 101 Å². The molecule has 31 heavy (non-hydrogen) atoms. The van der Waals surface area contributed by atoms with Crippen LogP contribution in [0.1, 0.15) is 32.9 Å². The molecule has 0 aliphatic rings. The molecular formula is C24H27N3O3S. The number of sulfonamides is 1. The van der Waals surface area contributed by atoms with Gasteiger partial charge in [0.25, 0.3) is 5.91 Å². The zero-order valence-electron chi connectivity index (χ0n) is 17.8. The van der Waals surface area contributed by atoms with Crippen LogP contribution in [-0.4, -0.2) is 25.4 Å². The lowest BCUT2D eigenvalue weighted by molar-refractivity contribution is 0.102. The number of carbonyl (C=O) groups is 1. The molecule has 0 unspecified atom stereocenters. The van der Waals surface area contributed by atoms with E-state index in [1.165, 1.54) is 11.6 Å². The summed E-state index contributed by atoms with van der Waals surface area (Å²) in [5.41, 5.74) is 4.95. The molecule has 7 heteroatoms. The smallest absolute Gasteiger partial charge is 0.257 e. The van der Waals surface area contributed by atoms with Gasteiger partial charge in [-0.05, 0) is 43.2 Å². The van der Waals surface area contributed by atoms with E-state index in [4.69, 9.17) is 0 Å². The molecule has 0 saturated carbocycles. The first-order valence-electron chi connectivity index (χ1n) is 9.98. The summed E-state index contributed by atoms with van der Waals surface area (Å²) >= 11 is 0. The van der Waals surface area contributed by atoms with Crippen LogP contribution in [0.25, 0.3) is 0 Å². The summed E-state index contributed by atoms with van der Waals surface area (Å²) < 4.78 is 28.5. The molecule has 0 saturated heterocycles. The lowest BCUT2D eigenvalue weighted by atomic mass is 10.2. The highest BCUT2D eigenvalue weighted by molar-refractivity contribution is 7.88. The Balaban J connectivity index is 1.69. The highest BCUT2D eigenvalue weighted by Gasteiger charge is 2.16. The molecule has 162 valence electrons. The van der Waals surface area contributed by atoms with E-state index < -0.39 is 10.0 Å². The molecule has 2 aromatic carbocycles. The van der Waals surface area contributed by atoms with Gasteiger partial charge in [-0.2, -0.15) is 0 Å². The maximum atomic E-state index is 12.8. The second-order valence-corrected chi connectivity index (χ2v) is 9.21. The van der Waals surface area contributed by atoms with Gasteiger partial charge in [0.05, 0.1) is 11.3 Å². The van der Waals surface area contributed by atoms with E-state index in [1.807, 2.05) is 38.1 Å². The molecule has 1 aromatic heterocycles. The van der Waals surface area contributed by atoms with Gasteiger partial charge in [0, 0.05) is 30.2 Å². The van der Waals surface area contributed by atoms with Crippen LogP contribution >= 0.6 is 0 Å². The standard InChI is InChI=1S/C24H27N3O3S/c1-4-14-25-31(29,30)17-21-10-12-22(13-11-21)26-24(28)23-15-18(2)27(19(23)3)16-20-8-6-5-7-9-20/h4-13,15,25H,1,14,16-17H2,2-3H3,(H,26,28). The fourth-order valence-electron chi connectivity index (χ4n) is 3.38. The third kappa shape index (κ3) is 5.93. The summed E-state index contributed by atoms with van der Waals surface area (Å²) in [5, 5.41) is 2.90. The second kappa shape index (κ2) is 9.76. The van der Waals surface area contributed by atoms with Crippen LogP contribution in [0, 0.1) is 13.8 Å². The molecule has 0 radical (unpaired) electrons. The molecule has 0 aliphatic carbocycles. The number of benzene rings is 2. The molecule has 0 bridgehead atoms.